The van der Waals surface area contributed by atoms with Crippen LogP contribution in [-0.2, 0) is 16.0 Å². The van der Waals surface area contributed by atoms with Gasteiger partial charge in [0.25, 0.3) is 0 Å². The average Bonchev–Trinajstić information content (AvgIpc) is 3.10. The topological polar surface area (TPSA) is 54.9 Å². The Morgan fingerprint density at radius 2 is 2.26 bits per heavy atom. The van der Waals surface area contributed by atoms with Crippen LogP contribution in [0.25, 0.3) is 0 Å². The van der Waals surface area contributed by atoms with E-state index in [4.69, 9.17) is 9.47 Å². The molecule has 0 radical (unpaired) electrons. The number of guanidine groups is 1. The zero-order chi connectivity index (χ0) is 16.2. The Morgan fingerprint density at radius 1 is 1.39 bits per heavy atom. The molecule has 2 heterocycles. The monoisotopic (exact) mass is 339 g/mol. The molecule has 5 nitrogen and oxygen atoms in total. The van der Waals surface area contributed by atoms with Gasteiger partial charge in [0, 0.05) is 39.5 Å². The lowest BCUT2D eigenvalue weighted by atomic mass is 10.0. The molecule has 1 saturated heterocycles. The molecule has 6 heteroatoms. The fourth-order valence-corrected chi connectivity index (χ4v) is 3.10. The maximum Gasteiger partial charge on any atom is 0.191 e. The molecule has 1 aromatic heterocycles. The molecular weight excluding hydrogens is 310 g/mol. The van der Waals surface area contributed by atoms with Crippen LogP contribution >= 0.6 is 11.3 Å². The molecule has 0 aliphatic carbocycles. The van der Waals surface area contributed by atoms with Gasteiger partial charge in [-0.25, -0.2) is 4.99 Å². The highest BCUT2D eigenvalue weighted by Gasteiger charge is 2.13. The fourth-order valence-electron chi connectivity index (χ4n) is 2.44. The number of hydrogen-bond donors (Lipinski definition) is 2. The molecule has 1 aliphatic heterocycles. The van der Waals surface area contributed by atoms with Crippen LogP contribution in [-0.4, -0.2) is 45.5 Å². The Bertz CT molecular complexity index is 431. The summed E-state index contributed by atoms with van der Waals surface area (Å²) in [6.45, 7) is 8.01. The summed E-state index contributed by atoms with van der Waals surface area (Å²) in [5, 5.41) is 10.9. The lowest BCUT2D eigenvalue weighted by Crippen LogP contribution is -2.38. The first-order valence-corrected chi connectivity index (χ1v) is 9.51. The van der Waals surface area contributed by atoms with Crippen molar-refractivity contribution in [2.75, 3.05) is 39.5 Å². The minimum atomic E-state index is 0.682. The van der Waals surface area contributed by atoms with Crippen LogP contribution in [0.4, 0.5) is 0 Å². The summed E-state index contributed by atoms with van der Waals surface area (Å²) in [4.78, 5) is 4.59. The van der Waals surface area contributed by atoms with Crippen molar-refractivity contribution in [3.63, 3.8) is 0 Å². The van der Waals surface area contributed by atoms with Gasteiger partial charge in [0.1, 0.15) is 0 Å². The Balaban J connectivity index is 1.55. The van der Waals surface area contributed by atoms with Crippen molar-refractivity contribution < 1.29 is 9.47 Å². The van der Waals surface area contributed by atoms with E-state index in [1.165, 1.54) is 5.56 Å². The van der Waals surface area contributed by atoms with E-state index in [0.717, 1.165) is 71.3 Å². The van der Waals surface area contributed by atoms with Gasteiger partial charge in [-0.05, 0) is 54.5 Å². The largest absolute Gasteiger partial charge is 0.381 e. The van der Waals surface area contributed by atoms with Gasteiger partial charge in [0.05, 0.1) is 6.54 Å². The number of ether oxygens (including phenoxy) is 2. The summed E-state index contributed by atoms with van der Waals surface area (Å²) in [5.41, 5.74) is 1.26. The van der Waals surface area contributed by atoms with Crippen molar-refractivity contribution >= 4 is 17.3 Å². The van der Waals surface area contributed by atoms with E-state index in [1.807, 2.05) is 0 Å². The molecule has 0 saturated carbocycles. The molecule has 0 amide bonds. The lowest BCUT2D eigenvalue weighted by molar-refractivity contribution is 0.0203. The van der Waals surface area contributed by atoms with Gasteiger partial charge in [0.15, 0.2) is 5.96 Å². The second kappa shape index (κ2) is 11.4. The van der Waals surface area contributed by atoms with E-state index >= 15 is 0 Å². The van der Waals surface area contributed by atoms with Crippen molar-refractivity contribution in [3.8, 4) is 0 Å². The van der Waals surface area contributed by atoms with Gasteiger partial charge in [-0.2, -0.15) is 11.3 Å². The number of hydrogen-bond acceptors (Lipinski definition) is 4. The second-order valence-corrected chi connectivity index (χ2v) is 6.52. The van der Waals surface area contributed by atoms with Crippen molar-refractivity contribution in [1.82, 2.24) is 10.6 Å². The minimum absolute atomic E-state index is 0.682. The van der Waals surface area contributed by atoms with Crippen molar-refractivity contribution in [1.29, 1.82) is 0 Å². The summed E-state index contributed by atoms with van der Waals surface area (Å²) >= 11 is 1.71. The normalized spacial score (nSPS) is 16.5. The molecule has 0 spiro atoms. The third-order valence-electron chi connectivity index (χ3n) is 3.80. The van der Waals surface area contributed by atoms with Crippen molar-refractivity contribution in [2.45, 2.75) is 32.7 Å². The van der Waals surface area contributed by atoms with Crippen LogP contribution in [0.2, 0.25) is 0 Å². The van der Waals surface area contributed by atoms with Gasteiger partial charge in [-0.15, -0.1) is 0 Å². The number of nitrogens with zero attached hydrogens (tertiary/aromatic N) is 1. The van der Waals surface area contributed by atoms with E-state index in [9.17, 15) is 0 Å². The van der Waals surface area contributed by atoms with Crippen LogP contribution in [0.15, 0.2) is 21.8 Å². The number of rotatable bonds is 9. The van der Waals surface area contributed by atoms with Gasteiger partial charge >= 0.3 is 0 Å². The Kier molecular flexibility index (Phi) is 9.06. The first-order chi connectivity index (χ1) is 11.4. The van der Waals surface area contributed by atoms with E-state index < -0.39 is 0 Å². The Labute approximate surface area is 143 Å². The summed E-state index contributed by atoms with van der Waals surface area (Å²) in [6.07, 6.45) is 3.27. The zero-order valence-corrected chi connectivity index (χ0v) is 14.9. The molecule has 0 bridgehead atoms. The zero-order valence-electron chi connectivity index (χ0n) is 14.1. The van der Waals surface area contributed by atoms with Crippen LogP contribution in [0.3, 0.4) is 0 Å². The maximum atomic E-state index is 5.78. The molecule has 23 heavy (non-hydrogen) atoms. The van der Waals surface area contributed by atoms with Crippen molar-refractivity contribution in [2.24, 2.45) is 10.9 Å². The average molecular weight is 340 g/mol. The van der Waals surface area contributed by atoms with E-state index in [-0.39, 0.29) is 0 Å². The van der Waals surface area contributed by atoms with Gasteiger partial charge in [0.2, 0.25) is 0 Å². The third kappa shape index (κ3) is 7.81. The molecule has 0 aromatic carbocycles. The molecular formula is C17H29N3O2S. The fraction of sp³-hybridized carbons (Fsp3) is 0.706. The van der Waals surface area contributed by atoms with E-state index in [2.05, 4.69) is 39.4 Å². The van der Waals surface area contributed by atoms with Crippen molar-refractivity contribution in [3.05, 3.63) is 22.4 Å². The number of nitrogens with one attached hydrogen (secondary N) is 2. The lowest BCUT2D eigenvalue weighted by Gasteiger charge is -2.21. The molecule has 0 atom stereocenters. The standard InChI is InChI=1S/C17H29N3O2S/c1-2-18-17(20-12-16-6-11-23-14-16)19-7-3-8-22-13-15-4-9-21-10-5-15/h6,11,14-15H,2-5,7-10,12-13H2,1H3,(H2,18,19,20). The molecule has 130 valence electrons. The molecule has 1 aromatic rings. The first kappa shape index (κ1) is 18.2. The highest BCUT2D eigenvalue weighted by atomic mass is 32.1. The summed E-state index contributed by atoms with van der Waals surface area (Å²) in [6, 6.07) is 2.11. The maximum absolute atomic E-state index is 5.78. The smallest absolute Gasteiger partial charge is 0.191 e. The summed E-state index contributed by atoms with van der Waals surface area (Å²) < 4.78 is 11.1. The highest BCUT2D eigenvalue weighted by molar-refractivity contribution is 7.07. The molecule has 1 fully saturated rings. The predicted octanol–water partition coefficient (Wildman–Crippen LogP) is 2.64. The molecule has 2 rings (SSSR count). The summed E-state index contributed by atoms with van der Waals surface area (Å²) in [7, 11) is 0. The van der Waals surface area contributed by atoms with Gasteiger partial charge in [-0.1, -0.05) is 0 Å². The predicted molar refractivity (Wildman–Crippen MR) is 96.1 cm³/mol. The highest BCUT2D eigenvalue weighted by Crippen LogP contribution is 2.14. The van der Waals surface area contributed by atoms with E-state index in [1.54, 1.807) is 11.3 Å². The number of aliphatic imine (C=N–C) groups is 1. The minimum Gasteiger partial charge on any atom is -0.381 e. The van der Waals surface area contributed by atoms with Crippen LogP contribution in [0.1, 0.15) is 31.7 Å². The van der Waals surface area contributed by atoms with E-state index in [0.29, 0.717) is 5.92 Å². The molecule has 1 aliphatic rings. The Hall–Kier alpha value is -1.11. The number of thiophene rings is 1. The Morgan fingerprint density at radius 3 is 3.00 bits per heavy atom. The van der Waals surface area contributed by atoms with Crippen LogP contribution in [0, 0.1) is 5.92 Å². The summed E-state index contributed by atoms with van der Waals surface area (Å²) in [5.74, 6) is 1.56. The molecule has 0 unspecified atom stereocenters. The second-order valence-electron chi connectivity index (χ2n) is 5.74. The quantitative estimate of drug-likeness (QED) is 0.413. The van der Waals surface area contributed by atoms with Crippen LogP contribution < -0.4 is 10.6 Å². The van der Waals surface area contributed by atoms with Gasteiger partial charge in [-0.3, -0.25) is 0 Å². The van der Waals surface area contributed by atoms with Gasteiger partial charge < -0.3 is 20.1 Å². The SMILES string of the molecule is CCNC(=NCc1ccsc1)NCCCOCC1CCOCC1. The third-order valence-corrected chi connectivity index (χ3v) is 4.53. The first-order valence-electron chi connectivity index (χ1n) is 8.57. The molecule has 2 N–H and O–H groups in total. The van der Waals surface area contributed by atoms with Crippen LogP contribution in [0.5, 0.6) is 0 Å².